The van der Waals surface area contributed by atoms with Crippen molar-refractivity contribution in [1.82, 2.24) is 0 Å². The van der Waals surface area contributed by atoms with Crippen molar-refractivity contribution in [2.75, 3.05) is 13.2 Å². The lowest BCUT2D eigenvalue weighted by Crippen LogP contribution is -1.99. The van der Waals surface area contributed by atoms with Crippen LogP contribution in [0.15, 0.2) is 73.8 Å². The molecule has 9 nitrogen and oxygen atoms in total. The van der Waals surface area contributed by atoms with Gasteiger partial charge in [-0.2, -0.15) is 0 Å². The summed E-state index contributed by atoms with van der Waals surface area (Å²) in [5.41, 5.74) is 0. The Hall–Kier alpha value is -1.96. The van der Waals surface area contributed by atoms with E-state index in [4.69, 9.17) is 18.1 Å². The summed E-state index contributed by atoms with van der Waals surface area (Å²) in [5.74, 6) is 0.688. The molecule has 0 radical (unpaired) electrons. The number of para-hydroxylation sites is 2. The van der Waals surface area contributed by atoms with Crippen molar-refractivity contribution in [1.29, 1.82) is 0 Å². The van der Waals surface area contributed by atoms with Crippen LogP contribution in [-0.2, 0) is 18.2 Å². The van der Waals surface area contributed by atoms with Gasteiger partial charge < -0.3 is 14.5 Å². The van der Waals surface area contributed by atoms with Crippen LogP contribution in [0.1, 0.15) is 90.9 Å². The van der Waals surface area contributed by atoms with Crippen LogP contribution in [-0.4, -0.2) is 28.5 Å². The zero-order valence-electron chi connectivity index (χ0n) is 24.8. The summed E-state index contributed by atoms with van der Waals surface area (Å²) >= 11 is 0. The number of rotatable bonds is 20. The van der Waals surface area contributed by atoms with Crippen LogP contribution in [0.4, 0.5) is 0 Å². The van der Waals surface area contributed by atoms with Crippen LogP contribution in [0, 0.1) is 0 Å². The molecule has 0 saturated carbocycles. The van der Waals surface area contributed by atoms with E-state index in [1.165, 1.54) is 38.5 Å². The molecule has 0 fully saturated rings. The second-order valence-corrected chi connectivity index (χ2v) is 11.7. The fourth-order valence-electron chi connectivity index (χ4n) is 3.41. The van der Waals surface area contributed by atoms with E-state index in [2.05, 4.69) is 27.0 Å². The van der Waals surface area contributed by atoms with Gasteiger partial charge in [0.25, 0.3) is 0 Å². The summed E-state index contributed by atoms with van der Waals surface area (Å²) in [6.45, 7) is 10.9. The van der Waals surface area contributed by atoms with E-state index in [-0.39, 0.29) is 18.7 Å². The normalized spacial score (nSPS) is 13.1. The van der Waals surface area contributed by atoms with Crippen molar-refractivity contribution in [3.05, 3.63) is 73.8 Å². The van der Waals surface area contributed by atoms with Gasteiger partial charge >= 0.3 is 15.6 Å². The predicted molar refractivity (Wildman–Crippen MR) is 167 cm³/mol. The molecule has 236 valence electrons. The lowest BCUT2D eigenvalue weighted by atomic mass is 10.1. The molecule has 0 aliphatic carbocycles. The minimum absolute atomic E-state index is 0. The summed E-state index contributed by atoms with van der Waals surface area (Å²) in [4.78, 5) is 19.0. The van der Waals surface area contributed by atoms with Crippen molar-refractivity contribution < 1.29 is 42.5 Å². The Bertz CT molecular complexity index is 855. The molecule has 0 saturated heterocycles. The first-order valence-electron chi connectivity index (χ1n) is 14.2. The number of benzene rings is 2. The maximum Gasteiger partial charge on any atom is 0.527 e. The largest absolute Gasteiger partial charge is 0.527 e. The Balaban J connectivity index is 0. The van der Waals surface area contributed by atoms with Gasteiger partial charge in [0, 0.05) is 0 Å². The van der Waals surface area contributed by atoms with Gasteiger partial charge in [-0.1, -0.05) is 114 Å². The highest BCUT2D eigenvalue weighted by Gasteiger charge is 2.23. The van der Waals surface area contributed by atoms with Crippen molar-refractivity contribution in [3.63, 3.8) is 0 Å². The van der Waals surface area contributed by atoms with Gasteiger partial charge in [0.2, 0.25) is 0 Å². The van der Waals surface area contributed by atoms with E-state index < -0.39 is 15.6 Å². The molecule has 11 heteroatoms. The fourth-order valence-corrected chi connectivity index (χ4v) is 5.01. The summed E-state index contributed by atoms with van der Waals surface area (Å²) in [5, 5.41) is 0. The van der Waals surface area contributed by atoms with Gasteiger partial charge in [-0.3, -0.25) is 18.8 Å². The highest BCUT2D eigenvalue weighted by atomic mass is 31.2. The predicted octanol–water partition coefficient (Wildman–Crippen LogP) is 9.06. The smallest absolute Gasteiger partial charge is 0.412 e. The van der Waals surface area contributed by atoms with E-state index in [1.807, 2.05) is 12.1 Å². The van der Waals surface area contributed by atoms with E-state index in [1.54, 1.807) is 48.5 Å². The van der Waals surface area contributed by atoms with Crippen LogP contribution in [0.5, 0.6) is 11.5 Å². The average molecular weight is 619 g/mol. The number of phosphoric ester groups is 2. The Kier molecular flexibility index (Phi) is 27.0. The summed E-state index contributed by atoms with van der Waals surface area (Å²) in [6, 6.07) is 17.1. The standard InChI is InChI=1S/2C14H23O4P.C2H4.H2O/c2*1-2-3-4-5-6-10-13-17-19(15,16)18-14-11-8-7-9-12-14;1-2;/h2*7-9,11-12H,2-6,10,13H2,1H3,(H,15,16);1-2H2;1H2. The Morgan fingerprint density at radius 2 is 0.854 bits per heavy atom. The Labute approximate surface area is 247 Å². The molecular formula is C30H52O9P2. The molecule has 4 N–H and O–H groups in total. The number of phosphoric acid groups is 2. The number of unbranched alkanes of at least 4 members (excludes halogenated alkanes) is 10. The zero-order chi connectivity index (χ0) is 30.0. The minimum atomic E-state index is -3.98. The molecule has 0 spiro atoms. The van der Waals surface area contributed by atoms with Crippen molar-refractivity contribution in [2.24, 2.45) is 0 Å². The third kappa shape index (κ3) is 25.5. The zero-order valence-corrected chi connectivity index (χ0v) is 26.6. The third-order valence-electron chi connectivity index (χ3n) is 5.43. The maximum absolute atomic E-state index is 11.6. The molecule has 2 atom stereocenters. The molecule has 0 bridgehead atoms. The molecule has 0 aromatic heterocycles. The fraction of sp³-hybridized carbons (Fsp3) is 0.533. The van der Waals surface area contributed by atoms with Crippen LogP contribution in [0.25, 0.3) is 0 Å². The summed E-state index contributed by atoms with van der Waals surface area (Å²) in [6.07, 6.45) is 13.3. The van der Waals surface area contributed by atoms with Crippen LogP contribution in [0.3, 0.4) is 0 Å². The van der Waals surface area contributed by atoms with Gasteiger partial charge in [-0.15, -0.1) is 13.2 Å². The molecule has 0 aliphatic rings. The average Bonchev–Trinajstić information content (AvgIpc) is 2.94. The molecule has 2 unspecified atom stereocenters. The lowest BCUT2D eigenvalue weighted by Gasteiger charge is -2.12. The van der Waals surface area contributed by atoms with E-state index >= 15 is 0 Å². The molecule has 2 aromatic rings. The second-order valence-electron chi connectivity index (χ2n) is 8.95. The van der Waals surface area contributed by atoms with E-state index in [0.29, 0.717) is 11.5 Å². The molecule has 41 heavy (non-hydrogen) atoms. The monoisotopic (exact) mass is 618 g/mol. The number of hydrogen-bond acceptors (Lipinski definition) is 6. The highest BCUT2D eigenvalue weighted by Crippen LogP contribution is 2.44. The summed E-state index contributed by atoms with van der Waals surface area (Å²) in [7, 11) is -7.95. The van der Waals surface area contributed by atoms with E-state index in [0.717, 1.165) is 38.5 Å². The third-order valence-corrected chi connectivity index (χ3v) is 7.33. The van der Waals surface area contributed by atoms with Gasteiger partial charge in [-0.25, -0.2) is 9.13 Å². The van der Waals surface area contributed by atoms with Gasteiger partial charge in [0.05, 0.1) is 13.2 Å². The molecule has 0 heterocycles. The first-order valence-corrected chi connectivity index (χ1v) is 17.2. The van der Waals surface area contributed by atoms with Gasteiger partial charge in [-0.05, 0) is 37.1 Å². The topological polar surface area (TPSA) is 143 Å². The first-order chi connectivity index (χ1) is 19.3. The van der Waals surface area contributed by atoms with Crippen molar-refractivity contribution in [2.45, 2.75) is 90.9 Å². The van der Waals surface area contributed by atoms with Crippen LogP contribution < -0.4 is 9.05 Å². The molecule has 2 rings (SSSR count). The van der Waals surface area contributed by atoms with Crippen LogP contribution in [0.2, 0.25) is 0 Å². The second kappa shape index (κ2) is 26.9. The molecule has 0 amide bonds. The molecule has 0 aliphatic heterocycles. The minimum Gasteiger partial charge on any atom is -0.412 e. The lowest BCUT2D eigenvalue weighted by molar-refractivity contribution is 0.198. The number of hydrogen-bond donors (Lipinski definition) is 2. The Morgan fingerprint density at radius 3 is 1.17 bits per heavy atom. The van der Waals surface area contributed by atoms with Gasteiger partial charge in [0.1, 0.15) is 11.5 Å². The Morgan fingerprint density at radius 1 is 0.561 bits per heavy atom. The molecular weight excluding hydrogens is 566 g/mol. The van der Waals surface area contributed by atoms with Crippen molar-refractivity contribution >= 4 is 15.6 Å². The quantitative estimate of drug-likeness (QED) is 0.0850. The highest BCUT2D eigenvalue weighted by molar-refractivity contribution is 7.48. The van der Waals surface area contributed by atoms with Gasteiger partial charge in [0.15, 0.2) is 0 Å². The molecule has 2 aromatic carbocycles. The first kappa shape index (κ1) is 41.2. The van der Waals surface area contributed by atoms with Crippen molar-refractivity contribution in [3.8, 4) is 11.5 Å². The van der Waals surface area contributed by atoms with Crippen LogP contribution >= 0.6 is 15.6 Å². The summed E-state index contributed by atoms with van der Waals surface area (Å²) < 4.78 is 43.0. The van der Waals surface area contributed by atoms with E-state index in [9.17, 15) is 18.9 Å². The maximum atomic E-state index is 11.6. The SMILES string of the molecule is C=C.CCCCCCCCOP(=O)(O)Oc1ccccc1.CCCCCCCCOP(=O)(O)Oc1ccccc1.O.